The fraction of sp³-hybridized carbons (Fsp3) is 0.556. The number of piperazine rings is 1. The van der Waals surface area contributed by atoms with Crippen LogP contribution in [0.4, 0.5) is 0 Å². The summed E-state index contributed by atoms with van der Waals surface area (Å²) in [5.74, 6) is 1.19. The van der Waals surface area contributed by atoms with E-state index < -0.39 is 0 Å². The molecule has 1 aliphatic carbocycles. The van der Waals surface area contributed by atoms with Gasteiger partial charge in [0.05, 0.1) is 18.6 Å². The molecular weight excluding hydrogens is 328 g/mol. The average Bonchev–Trinajstić information content (AvgIpc) is 2.53. The van der Waals surface area contributed by atoms with Crippen LogP contribution in [0.25, 0.3) is 0 Å². The Kier molecular flexibility index (Phi) is 5.29. The Hall–Kier alpha value is -1.75. The first kappa shape index (κ1) is 17.1. The minimum atomic E-state index is 0.0759. The lowest BCUT2D eigenvalue weighted by atomic mass is 9.84. The fourth-order valence-electron chi connectivity index (χ4n) is 3.20. The molecule has 24 heavy (non-hydrogen) atoms. The summed E-state index contributed by atoms with van der Waals surface area (Å²) < 4.78 is 5.12. The van der Waals surface area contributed by atoms with Crippen molar-refractivity contribution in [3.63, 3.8) is 0 Å². The van der Waals surface area contributed by atoms with Gasteiger partial charge in [0.15, 0.2) is 0 Å². The molecule has 1 heterocycles. The van der Waals surface area contributed by atoms with Crippen LogP contribution in [0.5, 0.6) is 5.75 Å². The van der Waals surface area contributed by atoms with Gasteiger partial charge < -0.3 is 14.5 Å². The molecule has 6 heteroatoms. The number of benzene rings is 1. The molecule has 0 bridgehead atoms. The molecule has 5 nitrogen and oxygen atoms in total. The summed E-state index contributed by atoms with van der Waals surface area (Å²) in [4.78, 5) is 28.5. The van der Waals surface area contributed by atoms with Crippen molar-refractivity contribution in [1.82, 2.24) is 9.80 Å². The summed E-state index contributed by atoms with van der Waals surface area (Å²) in [6.45, 7) is 2.51. The molecule has 2 amide bonds. The number of hydrogen-bond acceptors (Lipinski definition) is 3. The number of carbonyl (C=O) groups excluding carboxylic acids is 2. The van der Waals surface area contributed by atoms with Crippen LogP contribution in [-0.2, 0) is 16.0 Å². The van der Waals surface area contributed by atoms with Crippen LogP contribution < -0.4 is 4.74 Å². The van der Waals surface area contributed by atoms with Gasteiger partial charge in [-0.1, -0.05) is 24.1 Å². The molecule has 2 aliphatic rings. The first-order valence-electron chi connectivity index (χ1n) is 8.47. The second-order valence-electron chi connectivity index (χ2n) is 6.48. The van der Waals surface area contributed by atoms with Gasteiger partial charge in [0.2, 0.25) is 11.8 Å². The number of hydrogen-bond donors (Lipinski definition) is 0. The van der Waals surface area contributed by atoms with Crippen LogP contribution in [0.2, 0.25) is 5.02 Å². The van der Waals surface area contributed by atoms with Crippen molar-refractivity contribution in [3.8, 4) is 5.75 Å². The quantitative estimate of drug-likeness (QED) is 0.837. The lowest BCUT2D eigenvalue weighted by Crippen LogP contribution is -2.52. The first-order valence-corrected chi connectivity index (χ1v) is 8.85. The third-order valence-corrected chi connectivity index (χ3v) is 5.27. The third kappa shape index (κ3) is 3.66. The van der Waals surface area contributed by atoms with Crippen LogP contribution in [0, 0.1) is 5.92 Å². The highest BCUT2D eigenvalue weighted by Crippen LogP contribution is 2.29. The number of rotatable bonds is 4. The number of carbonyl (C=O) groups is 2. The minimum Gasteiger partial charge on any atom is -0.495 e. The van der Waals surface area contributed by atoms with Crippen LogP contribution in [0.15, 0.2) is 18.2 Å². The van der Waals surface area contributed by atoms with Crippen molar-refractivity contribution in [1.29, 1.82) is 0 Å². The molecule has 1 saturated carbocycles. The standard InChI is InChI=1S/C18H23ClN2O3/c1-24-16-6-5-13(11-15(16)19)12-17(22)20-7-9-21(10-8-20)18(23)14-3-2-4-14/h5-6,11,14H,2-4,7-10,12H2,1H3. The molecule has 1 saturated heterocycles. The van der Waals surface area contributed by atoms with E-state index >= 15 is 0 Å². The Morgan fingerprint density at radius 1 is 1.17 bits per heavy atom. The van der Waals surface area contributed by atoms with E-state index in [4.69, 9.17) is 16.3 Å². The van der Waals surface area contributed by atoms with Gasteiger partial charge in [-0.25, -0.2) is 0 Å². The van der Waals surface area contributed by atoms with Crippen molar-refractivity contribution >= 4 is 23.4 Å². The Morgan fingerprint density at radius 2 is 1.83 bits per heavy atom. The second kappa shape index (κ2) is 7.43. The maximum atomic E-state index is 12.5. The topological polar surface area (TPSA) is 49.9 Å². The van der Waals surface area contributed by atoms with Gasteiger partial charge in [-0.3, -0.25) is 9.59 Å². The van der Waals surface area contributed by atoms with E-state index in [0.29, 0.717) is 43.4 Å². The molecule has 0 spiro atoms. The molecule has 0 radical (unpaired) electrons. The highest BCUT2D eigenvalue weighted by atomic mass is 35.5. The predicted octanol–water partition coefficient (Wildman–Crippen LogP) is 2.36. The molecule has 0 N–H and O–H groups in total. The van der Waals surface area contributed by atoms with Crippen molar-refractivity contribution in [2.24, 2.45) is 5.92 Å². The van der Waals surface area contributed by atoms with Crippen molar-refractivity contribution in [3.05, 3.63) is 28.8 Å². The highest BCUT2D eigenvalue weighted by Gasteiger charge is 2.31. The predicted molar refractivity (Wildman–Crippen MR) is 92.2 cm³/mol. The summed E-state index contributed by atoms with van der Waals surface area (Å²) >= 11 is 6.11. The maximum Gasteiger partial charge on any atom is 0.227 e. The highest BCUT2D eigenvalue weighted by molar-refractivity contribution is 6.32. The van der Waals surface area contributed by atoms with Gasteiger partial charge in [0.25, 0.3) is 0 Å². The maximum absolute atomic E-state index is 12.5. The summed E-state index contributed by atoms with van der Waals surface area (Å²) in [6, 6.07) is 5.41. The Morgan fingerprint density at radius 3 is 2.38 bits per heavy atom. The van der Waals surface area contributed by atoms with Gasteiger partial charge in [0.1, 0.15) is 5.75 Å². The molecule has 1 aromatic rings. The minimum absolute atomic E-state index is 0.0759. The van der Waals surface area contributed by atoms with E-state index in [1.807, 2.05) is 15.9 Å². The van der Waals surface area contributed by atoms with Gasteiger partial charge >= 0.3 is 0 Å². The normalized spacial score (nSPS) is 18.2. The Labute approximate surface area is 147 Å². The molecule has 3 rings (SSSR count). The van der Waals surface area contributed by atoms with E-state index in [1.165, 1.54) is 6.42 Å². The third-order valence-electron chi connectivity index (χ3n) is 4.97. The number of nitrogens with zero attached hydrogens (tertiary/aromatic N) is 2. The smallest absolute Gasteiger partial charge is 0.227 e. The zero-order valence-electron chi connectivity index (χ0n) is 14.0. The largest absolute Gasteiger partial charge is 0.495 e. The average molecular weight is 351 g/mol. The first-order chi connectivity index (χ1) is 11.6. The van der Waals surface area contributed by atoms with Crippen LogP contribution in [-0.4, -0.2) is 54.9 Å². The zero-order valence-corrected chi connectivity index (χ0v) is 14.7. The molecule has 130 valence electrons. The SMILES string of the molecule is COc1ccc(CC(=O)N2CCN(C(=O)C3CCC3)CC2)cc1Cl. The summed E-state index contributed by atoms with van der Waals surface area (Å²) in [5.41, 5.74) is 0.874. The van der Waals surface area contributed by atoms with Gasteiger partial charge in [0, 0.05) is 32.1 Å². The molecule has 1 aromatic carbocycles. The molecule has 0 atom stereocenters. The summed E-state index contributed by atoms with van der Waals surface area (Å²) in [7, 11) is 1.57. The molecule has 2 fully saturated rings. The van der Waals surface area contributed by atoms with Gasteiger partial charge in [-0.05, 0) is 30.5 Å². The summed E-state index contributed by atoms with van der Waals surface area (Å²) in [5, 5.41) is 0.513. The molecule has 1 aliphatic heterocycles. The Bertz CT molecular complexity index is 623. The van der Waals surface area contributed by atoms with Crippen molar-refractivity contribution in [2.45, 2.75) is 25.7 Å². The van der Waals surface area contributed by atoms with Crippen LogP contribution in [0.3, 0.4) is 0 Å². The van der Waals surface area contributed by atoms with E-state index in [-0.39, 0.29) is 17.7 Å². The van der Waals surface area contributed by atoms with E-state index in [2.05, 4.69) is 0 Å². The number of amides is 2. The van der Waals surface area contributed by atoms with Crippen molar-refractivity contribution < 1.29 is 14.3 Å². The van der Waals surface area contributed by atoms with Gasteiger partial charge in [-0.15, -0.1) is 0 Å². The van der Waals surface area contributed by atoms with E-state index in [9.17, 15) is 9.59 Å². The number of ether oxygens (including phenoxy) is 1. The molecular formula is C18H23ClN2O3. The Balaban J connectivity index is 1.51. The summed E-state index contributed by atoms with van der Waals surface area (Å²) in [6.07, 6.45) is 3.53. The van der Waals surface area contributed by atoms with Crippen LogP contribution in [0.1, 0.15) is 24.8 Å². The monoisotopic (exact) mass is 350 g/mol. The van der Waals surface area contributed by atoms with Crippen LogP contribution >= 0.6 is 11.6 Å². The van der Waals surface area contributed by atoms with E-state index in [1.54, 1.807) is 19.2 Å². The molecule has 0 aromatic heterocycles. The zero-order chi connectivity index (χ0) is 17.1. The fourth-order valence-corrected chi connectivity index (χ4v) is 3.48. The number of methoxy groups -OCH3 is 1. The molecule has 0 unspecified atom stereocenters. The van der Waals surface area contributed by atoms with Crippen molar-refractivity contribution in [2.75, 3.05) is 33.3 Å². The lowest BCUT2D eigenvalue weighted by Gasteiger charge is -2.38. The van der Waals surface area contributed by atoms with E-state index in [0.717, 1.165) is 18.4 Å². The lowest BCUT2D eigenvalue weighted by molar-refractivity contribution is -0.143. The second-order valence-corrected chi connectivity index (χ2v) is 6.89. The number of halogens is 1. The van der Waals surface area contributed by atoms with Gasteiger partial charge in [-0.2, -0.15) is 0 Å².